The van der Waals surface area contributed by atoms with Gasteiger partial charge in [-0.05, 0) is 18.4 Å². The largest absolute Gasteiger partial charge is 0.489 e. The van der Waals surface area contributed by atoms with Gasteiger partial charge in [0.2, 0.25) is 0 Å². The number of hydrogen-bond donors (Lipinski definition) is 2. The Morgan fingerprint density at radius 3 is 2.78 bits per heavy atom. The Labute approximate surface area is 118 Å². The van der Waals surface area contributed by atoms with Crippen molar-refractivity contribution in [1.82, 2.24) is 5.32 Å². The molecule has 0 saturated heterocycles. The van der Waals surface area contributed by atoms with E-state index in [1.807, 2.05) is 12.1 Å². The van der Waals surface area contributed by atoms with Gasteiger partial charge < -0.3 is 15.2 Å². The normalized spacial score (nSPS) is 14.2. The fourth-order valence-electron chi connectivity index (χ4n) is 1.34. The van der Waals surface area contributed by atoms with Crippen LogP contribution in [0, 0.1) is 0 Å². The summed E-state index contributed by atoms with van der Waals surface area (Å²) in [5.41, 5.74) is 0. The zero-order valence-electron chi connectivity index (χ0n) is 10.7. The first-order chi connectivity index (χ1) is 8.63. The second-order valence-corrected chi connectivity index (χ2v) is 5.78. The third-order valence-electron chi connectivity index (χ3n) is 2.48. The van der Waals surface area contributed by atoms with Crippen molar-refractivity contribution in [2.45, 2.75) is 18.3 Å². The number of para-hydroxylation sites is 1. The Kier molecular flexibility index (Phi) is 7.51. The molecule has 1 aromatic carbocycles. The first kappa shape index (κ1) is 15.6. The summed E-state index contributed by atoms with van der Waals surface area (Å²) >= 11 is 7.74. The average molecular weight is 290 g/mol. The monoisotopic (exact) mass is 289 g/mol. The molecule has 0 heterocycles. The molecule has 0 aromatic heterocycles. The minimum Gasteiger partial charge on any atom is -0.489 e. The Hall–Kier alpha value is -0.420. The molecule has 1 rings (SSSR count). The number of ether oxygens (including phenoxy) is 1. The molecule has 2 N–H and O–H groups in total. The highest BCUT2D eigenvalue weighted by Crippen LogP contribution is 2.22. The van der Waals surface area contributed by atoms with E-state index in [0.29, 0.717) is 22.6 Å². The van der Waals surface area contributed by atoms with Gasteiger partial charge in [0.1, 0.15) is 18.5 Å². The van der Waals surface area contributed by atoms with Crippen molar-refractivity contribution < 1.29 is 9.84 Å². The molecule has 0 spiro atoms. The molecule has 0 fully saturated rings. The van der Waals surface area contributed by atoms with Crippen LogP contribution < -0.4 is 10.1 Å². The molecular weight excluding hydrogens is 270 g/mol. The van der Waals surface area contributed by atoms with E-state index in [1.165, 1.54) is 0 Å². The minimum atomic E-state index is -0.532. The summed E-state index contributed by atoms with van der Waals surface area (Å²) < 4.78 is 5.46. The summed E-state index contributed by atoms with van der Waals surface area (Å²) in [7, 11) is 0. The summed E-state index contributed by atoms with van der Waals surface area (Å²) in [4.78, 5) is 0. The number of hydrogen-bond acceptors (Lipinski definition) is 4. The lowest BCUT2D eigenvalue weighted by atomic mass is 10.3. The van der Waals surface area contributed by atoms with Gasteiger partial charge in [0.05, 0.1) is 5.02 Å². The van der Waals surface area contributed by atoms with Crippen LogP contribution in [0.1, 0.15) is 6.92 Å². The quantitative estimate of drug-likeness (QED) is 0.771. The van der Waals surface area contributed by atoms with Gasteiger partial charge in [0, 0.05) is 18.3 Å². The second-order valence-electron chi connectivity index (χ2n) is 4.10. The molecule has 2 atom stereocenters. The van der Waals surface area contributed by atoms with Gasteiger partial charge in [0.15, 0.2) is 0 Å². The van der Waals surface area contributed by atoms with Crippen molar-refractivity contribution in [3.05, 3.63) is 29.3 Å². The molecule has 0 aliphatic carbocycles. The smallest absolute Gasteiger partial charge is 0.138 e. The van der Waals surface area contributed by atoms with Crippen molar-refractivity contribution in [1.29, 1.82) is 0 Å². The van der Waals surface area contributed by atoms with Crippen LogP contribution in [-0.4, -0.2) is 42.4 Å². The molecule has 0 amide bonds. The van der Waals surface area contributed by atoms with Gasteiger partial charge in [-0.25, -0.2) is 0 Å². The van der Waals surface area contributed by atoms with Gasteiger partial charge >= 0.3 is 0 Å². The predicted octanol–water partition coefficient (Wildman–Crippen LogP) is 2.42. The third kappa shape index (κ3) is 5.96. The number of thioether (sulfide) groups is 1. The topological polar surface area (TPSA) is 41.5 Å². The van der Waals surface area contributed by atoms with Gasteiger partial charge in [0.25, 0.3) is 0 Å². The van der Waals surface area contributed by atoms with Crippen LogP contribution in [0.25, 0.3) is 0 Å². The van der Waals surface area contributed by atoms with E-state index in [-0.39, 0.29) is 6.61 Å². The zero-order chi connectivity index (χ0) is 13.4. The van der Waals surface area contributed by atoms with E-state index >= 15 is 0 Å². The highest BCUT2D eigenvalue weighted by atomic mass is 35.5. The number of aliphatic hydroxyl groups is 1. The average Bonchev–Trinajstić information content (AvgIpc) is 2.37. The zero-order valence-corrected chi connectivity index (χ0v) is 12.3. The Morgan fingerprint density at radius 1 is 1.39 bits per heavy atom. The molecule has 0 radical (unpaired) electrons. The highest BCUT2D eigenvalue weighted by Gasteiger charge is 2.07. The molecule has 18 heavy (non-hydrogen) atoms. The summed E-state index contributed by atoms with van der Waals surface area (Å²) in [5.74, 6) is 0.607. The van der Waals surface area contributed by atoms with Crippen molar-refractivity contribution in [3.8, 4) is 5.75 Å². The summed E-state index contributed by atoms with van der Waals surface area (Å²) in [6.07, 6.45) is 1.54. The molecule has 5 heteroatoms. The van der Waals surface area contributed by atoms with Gasteiger partial charge in [-0.3, -0.25) is 0 Å². The molecule has 3 nitrogen and oxygen atoms in total. The standard InChI is InChI=1S/C13H20ClNO2S/c1-10(18-2)7-15-8-11(16)9-17-13-6-4-3-5-12(13)14/h3-6,10-11,15-16H,7-9H2,1-2H3. The molecule has 102 valence electrons. The molecule has 0 bridgehead atoms. The van der Waals surface area contributed by atoms with Gasteiger partial charge in [-0.1, -0.05) is 30.7 Å². The lowest BCUT2D eigenvalue weighted by Crippen LogP contribution is -2.34. The fraction of sp³-hybridized carbons (Fsp3) is 0.538. The van der Waals surface area contributed by atoms with E-state index in [2.05, 4.69) is 18.5 Å². The van der Waals surface area contributed by atoms with Crippen molar-refractivity contribution in [2.75, 3.05) is 26.0 Å². The van der Waals surface area contributed by atoms with Crippen LogP contribution in [0.4, 0.5) is 0 Å². The van der Waals surface area contributed by atoms with Crippen LogP contribution in [-0.2, 0) is 0 Å². The maximum Gasteiger partial charge on any atom is 0.138 e. The molecule has 1 aromatic rings. The number of aliphatic hydroxyl groups excluding tert-OH is 1. The number of halogens is 1. The maximum atomic E-state index is 9.75. The first-order valence-electron chi connectivity index (χ1n) is 5.92. The molecule has 0 aliphatic heterocycles. The molecular formula is C13H20ClNO2S. The Balaban J connectivity index is 2.21. The lowest BCUT2D eigenvalue weighted by Gasteiger charge is -2.15. The molecule has 0 saturated carbocycles. The van der Waals surface area contributed by atoms with Crippen molar-refractivity contribution in [3.63, 3.8) is 0 Å². The predicted molar refractivity (Wildman–Crippen MR) is 78.8 cm³/mol. The second kappa shape index (κ2) is 8.64. The highest BCUT2D eigenvalue weighted by molar-refractivity contribution is 7.99. The Bertz CT molecular complexity index is 352. The molecule has 0 aliphatic rings. The van der Waals surface area contributed by atoms with Gasteiger partial charge in [-0.15, -0.1) is 0 Å². The summed E-state index contributed by atoms with van der Waals surface area (Å²) in [5, 5.41) is 14.1. The van der Waals surface area contributed by atoms with Crippen molar-refractivity contribution in [2.24, 2.45) is 0 Å². The van der Waals surface area contributed by atoms with E-state index in [1.54, 1.807) is 23.9 Å². The first-order valence-corrected chi connectivity index (χ1v) is 7.59. The fourth-order valence-corrected chi connectivity index (χ4v) is 1.82. The summed E-state index contributed by atoms with van der Waals surface area (Å²) in [6, 6.07) is 7.25. The number of nitrogens with one attached hydrogen (secondary N) is 1. The maximum absolute atomic E-state index is 9.75. The molecule has 2 unspecified atom stereocenters. The SMILES string of the molecule is CSC(C)CNCC(O)COc1ccccc1Cl. The minimum absolute atomic E-state index is 0.240. The van der Waals surface area contributed by atoms with Crippen LogP contribution in [0.15, 0.2) is 24.3 Å². The van der Waals surface area contributed by atoms with E-state index in [9.17, 15) is 5.11 Å². The van der Waals surface area contributed by atoms with Crippen molar-refractivity contribution >= 4 is 23.4 Å². The van der Waals surface area contributed by atoms with Gasteiger partial charge in [-0.2, -0.15) is 11.8 Å². The number of rotatable bonds is 8. The van der Waals surface area contributed by atoms with Crippen LogP contribution in [0.2, 0.25) is 5.02 Å². The summed E-state index contributed by atoms with van der Waals surface area (Å²) in [6.45, 7) is 3.79. The third-order valence-corrected chi connectivity index (χ3v) is 3.77. The van der Waals surface area contributed by atoms with E-state index in [0.717, 1.165) is 6.54 Å². The van der Waals surface area contributed by atoms with E-state index in [4.69, 9.17) is 16.3 Å². The van der Waals surface area contributed by atoms with E-state index < -0.39 is 6.10 Å². The number of benzene rings is 1. The van der Waals surface area contributed by atoms with Crippen LogP contribution in [0.3, 0.4) is 0 Å². The van der Waals surface area contributed by atoms with Crippen LogP contribution >= 0.6 is 23.4 Å². The van der Waals surface area contributed by atoms with Crippen LogP contribution in [0.5, 0.6) is 5.75 Å². The lowest BCUT2D eigenvalue weighted by molar-refractivity contribution is 0.107. The Morgan fingerprint density at radius 2 is 2.11 bits per heavy atom.